The lowest BCUT2D eigenvalue weighted by Gasteiger charge is -2.33. The van der Waals surface area contributed by atoms with Crippen molar-refractivity contribution in [3.05, 3.63) is 47.5 Å². The number of ether oxygens (including phenoxy) is 10. The van der Waals surface area contributed by atoms with E-state index in [9.17, 15) is 28.8 Å². The summed E-state index contributed by atoms with van der Waals surface area (Å²) in [5.41, 5.74) is 0.274. The molecule has 0 amide bonds. The smallest absolute Gasteiger partial charge is 0.348 e. The van der Waals surface area contributed by atoms with Crippen LogP contribution in [0.15, 0.2) is 36.4 Å². The van der Waals surface area contributed by atoms with E-state index >= 15 is 0 Å². The zero-order chi connectivity index (χ0) is 45.7. The van der Waals surface area contributed by atoms with Gasteiger partial charge in [0.2, 0.25) is 12.2 Å². The number of esters is 6. The summed E-state index contributed by atoms with van der Waals surface area (Å²) in [4.78, 5) is 82.4. The quantitative estimate of drug-likeness (QED) is 0.0821. The maximum Gasteiger partial charge on any atom is 0.348 e. The van der Waals surface area contributed by atoms with Gasteiger partial charge in [-0.2, -0.15) is 0 Å². The second-order valence-corrected chi connectivity index (χ2v) is 15.0. The van der Waals surface area contributed by atoms with Crippen molar-refractivity contribution in [1.82, 2.24) is 9.80 Å². The Labute approximate surface area is 368 Å². The van der Waals surface area contributed by atoms with E-state index in [1.165, 1.54) is 52.7 Å². The lowest BCUT2D eigenvalue weighted by Crippen LogP contribution is -2.46. The van der Waals surface area contributed by atoms with Gasteiger partial charge in [-0.1, -0.05) is 0 Å². The van der Waals surface area contributed by atoms with Crippen molar-refractivity contribution in [2.24, 2.45) is 11.8 Å². The Hall–Kier alpha value is -5.62. The molecule has 63 heavy (non-hydrogen) atoms. The van der Waals surface area contributed by atoms with Gasteiger partial charge in [0.1, 0.15) is 0 Å². The van der Waals surface area contributed by atoms with E-state index < -0.39 is 36.1 Å². The first kappa shape index (κ1) is 50.0. The van der Waals surface area contributed by atoms with Crippen LogP contribution in [-0.2, 0) is 47.6 Å². The standard InChI is InChI=1S/C45H62N2O16/c1-7-58-40(48)32-14-12-20-46(26-32)28-38(62-42(50)30-16-18-34(54-3)36(24-30)56-5)44(52)60-22-10-9-11-23-61-45(53)39(29-47-21-13-15-33(27-47)41(49)59-8-2)63-43(51)31-17-19-35(55-4)37(25-31)57-6/h16-19,24-25,32-33,38-39H,7-15,20-23,26-29H2,1-6H3. The summed E-state index contributed by atoms with van der Waals surface area (Å²) in [6.45, 7) is 5.80. The molecule has 4 unspecified atom stereocenters. The molecule has 0 N–H and O–H groups in total. The van der Waals surface area contributed by atoms with Crippen LogP contribution in [0.1, 0.15) is 79.5 Å². The minimum Gasteiger partial charge on any atom is -0.493 e. The average molecular weight is 887 g/mol. The van der Waals surface area contributed by atoms with Crippen LogP contribution in [0.25, 0.3) is 0 Å². The van der Waals surface area contributed by atoms with Gasteiger partial charge in [0.05, 0.1) is 77.8 Å². The maximum atomic E-state index is 13.5. The first-order chi connectivity index (χ1) is 30.4. The third-order valence-electron chi connectivity index (χ3n) is 10.6. The van der Waals surface area contributed by atoms with Gasteiger partial charge in [-0.05, 0) is 108 Å². The van der Waals surface area contributed by atoms with Crippen LogP contribution >= 0.6 is 0 Å². The number of piperidine rings is 2. The topological polar surface area (TPSA) is 201 Å². The molecule has 2 aromatic carbocycles. The van der Waals surface area contributed by atoms with Crippen molar-refractivity contribution < 1.29 is 76.1 Å². The molecule has 18 nitrogen and oxygen atoms in total. The molecule has 0 spiro atoms. The van der Waals surface area contributed by atoms with Crippen LogP contribution in [0.4, 0.5) is 0 Å². The first-order valence-corrected chi connectivity index (χ1v) is 21.4. The normalized spacial score (nSPS) is 17.6. The van der Waals surface area contributed by atoms with Gasteiger partial charge in [-0.3, -0.25) is 19.4 Å². The third-order valence-corrected chi connectivity index (χ3v) is 10.6. The third kappa shape index (κ3) is 15.3. The molecule has 2 saturated heterocycles. The van der Waals surface area contributed by atoms with E-state index in [4.69, 9.17) is 47.4 Å². The highest BCUT2D eigenvalue weighted by Gasteiger charge is 2.35. The van der Waals surface area contributed by atoms with Crippen molar-refractivity contribution in [3.8, 4) is 23.0 Å². The number of likely N-dealkylation sites (tertiary alicyclic amines) is 2. The summed E-state index contributed by atoms with van der Waals surface area (Å²) < 4.78 is 54.2. The largest absolute Gasteiger partial charge is 0.493 e. The van der Waals surface area contributed by atoms with Crippen molar-refractivity contribution in [2.75, 3.05) is 94.1 Å². The van der Waals surface area contributed by atoms with Gasteiger partial charge in [0, 0.05) is 26.2 Å². The van der Waals surface area contributed by atoms with Gasteiger partial charge < -0.3 is 47.4 Å². The number of benzene rings is 2. The highest BCUT2D eigenvalue weighted by atomic mass is 16.6. The predicted octanol–water partition coefficient (Wildman–Crippen LogP) is 4.28. The second kappa shape index (κ2) is 26.1. The highest BCUT2D eigenvalue weighted by molar-refractivity contribution is 5.93. The van der Waals surface area contributed by atoms with Crippen LogP contribution in [0, 0.1) is 11.8 Å². The monoisotopic (exact) mass is 886 g/mol. The fourth-order valence-corrected chi connectivity index (χ4v) is 7.37. The molecular weight excluding hydrogens is 824 g/mol. The number of rotatable bonds is 24. The molecule has 2 aliphatic heterocycles. The Morgan fingerprint density at radius 2 is 0.952 bits per heavy atom. The first-order valence-electron chi connectivity index (χ1n) is 21.4. The highest BCUT2D eigenvalue weighted by Crippen LogP contribution is 2.30. The van der Waals surface area contributed by atoms with Crippen LogP contribution in [0.3, 0.4) is 0 Å². The number of hydrogen-bond acceptors (Lipinski definition) is 18. The molecule has 0 bridgehead atoms. The van der Waals surface area contributed by atoms with Gasteiger partial charge in [0.15, 0.2) is 23.0 Å². The number of methoxy groups -OCH3 is 4. The Balaban J connectivity index is 1.33. The molecular formula is C45H62N2O16. The summed E-state index contributed by atoms with van der Waals surface area (Å²) in [5, 5.41) is 0. The Morgan fingerprint density at radius 3 is 1.32 bits per heavy atom. The number of nitrogens with zero attached hydrogens (tertiary/aromatic N) is 2. The molecule has 2 fully saturated rings. The Morgan fingerprint density at radius 1 is 0.556 bits per heavy atom. The van der Waals surface area contributed by atoms with Crippen LogP contribution in [0.2, 0.25) is 0 Å². The lowest BCUT2D eigenvalue weighted by atomic mass is 9.98. The second-order valence-electron chi connectivity index (χ2n) is 15.0. The van der Waals surface area contributed by atoms with E-state index in [0.717, 1.165) is 0 Å². The minimum absolute atomic E-state index is 0.00236. The van der Waals surface area contributed by atoms with Gasteiger partial charge in [-0.15, -0.1) is 0 Å². The Kier molecular flexibility index (Phi) is 20.7. The lowest BCUT2D eigenvalue weighted by molar-refractivity contribution is -0.156. The summed E-state index contributed by atoms with van der Waals surface area (Å²) in [7, 11) is 5.81. The van der Waals surface area contributed by atoms with Crippen LogP contribution in [0.5, 0.6) is 23.0 Å². The molecule has 0 aromatic heterocycles. The summed E-state index contributed by atoms with van der Waals surface area (Å²) in [5.74, 6) is -2.99. The zero-order valence-corrected chi connectivity index (χ0v) is 37.2. The molecule has 0 saturated carbocycles. The van der Waals surface area contributed by atoms with Crippen LogP contribution < -0.4 is 18.9 Å². The minimum atomic E-state index is -1.31. The summed E-state index contributed by atoms with van der Waals surface area (Å²) >= 11 is 0. The molecule has 2 heterocycles. The SMILES string of the molecule is CCOC(=O)C1CCCN(CC(OC(=O)c2ccc(OC)c(OC)c2)C(=O)OCCCCCOC(=O)C(CN2CCCC(C(=O)OCC)C2)OC(=O)c2ccc(OC)c(OC)c2)C1. The molecule has 2 aliphatic rings. The fourth-order valence-electron chi connectivity index (χ4n) is 7.37. The fraction of sp³-hybridized carbons (Fsp3) is 0.600. The van der Waals surface area contributed by atoms with Crippen molar-refractivity contribution in [1.29, 1.82) is 0 Å². The van der Waals surface area contributed by atoms with Gasteiger partial charge in [0.25, 0.3) is 0 Å². The molecule has 18 heteroatoms. The molecule has 0 aliphatic carbocycles. The van der Waals surface area contributed by atoms with E-state index in [-0.39, 0.29) is 74.4 Å². The average Bonchev–Trinajstić information content (AvgIpc) is 3.30. The predicted molar refractivity (Wildman–Crippen MR) is 225 cm³/mol. The van der Waals surface area contributed by atoms with Gasteiger partial charge >= 0.3 is 35.8 Å². The van der Waals surface area contributed by atoms with Crippen LogP contribution in [-0.4, -0.2) is 152 Å². The number of hydrogen-bond donors (Lipinski definition) is 0. The van der Waals surface area contributed by atoms with E-state index in [1.54, 1.807) is 26.0 Å². The summed E-state index contributed by atoms with van der Waals surface area (Å²) in [6, 6.07) is 9.01. The molecule has 4 atom stereocenters. The number of carbonyl (C=O) groups excluding carboxylic acids is 6. The van der Waals surface area contributed by atoms with Crippen molar-refractivity contribution in [3.63, 3.8) is 0 Å². The summed E-state index contributed by atoms with van der Waals surface area (Å²) in [6.07, 6.45) is 1.34. The van der Waals surface area contributed by atoms with Gasteiger partial charge in [-0.25, -0.2) is 19.2 Å². The van der Waals surface area contributed by atoms with Crippen molar-refractivity contribution >= 4 is 35.8 Å². The zero-order valence-electron chi connectivity index (χ0n) is 37.2. The van der Waals surface area contributed by atoms with Crippen molar-refractivity contribution in [2.45, 2.75) is 71.0 Å². The van der Waals surface area contributed by atoms with E-state index in [0.29, 0.717) is 94.1 Å². The maximum absolute atomic E-state index is 13.5. The van der Waals surface area contributed by atoms with E-state index in [1.807, 2.05) is 9.80 Å². The molecule has 4 rings (SSSR count). The Bertz CT molecular complexity index is 1710. The molecule has 348 valence electrons. The number of unbranched alkanes of at least 4 members (excludes halogenated alkanes) is 2. The number of carbonyl (C=O) groups is 6. The van der Waals surface area contributed by atoms with E-state index in [2.05, 4.69) is 0 Å². The molecule has 0 radical (unpaired) electrons. The molecule has 2 aromatic rings.